The first kappa shape index (κ1) is 13.1. The van der Waals surface area contributed by atoms with Crippen LogP contribution in [-0.2, 0) is 6.61 Å². The Morgan fingerprint density at radius 2 is 1.84 bits per heavy atom. The average Bonchev–Trinajstić information content (AvgIpc) is 2.45. The van der Waals surface area contributed by atoms with Gasteiger partial charge in [-0.25, -0.2) is 0 Å². The number of nitrogens with zero attached hydrogens (tertiary/aromatic N) is 1. The summed E-state index contributed by atoms with van der Waals surface area (Å²) in [6, 6.07) is 16.8. The topological polar surface area (TPSA) is 53.2 Å². The maximum atomic E-state index is 9.67. The zero-order valence-electron chi connectivity index (χ0n) is 10.7. The average molecular weight is 253 g/mol. The third kappa shape index (κ3) is 3.12. The van der Waals surface area contributed by atoms with E-state index in [0.29, 0.717) is 17.9 Å². The van der Waals surface area contributed by atoms with E-state index in [4.69, 9.17) is 10.00 Å². The normalized spacial score (nSPS) is 11.6. The molecule has 0 heterocycles. The Morgan fingerprint density at radius 1 is 1.16 bits per heavy atom. The van der Waals surface area contributed by atoms with Crippen molar-refractivity contribution in [1.29, 1.82) is 5.26 Å². The molecule has 0 unspecified atom stereocenters. The minimum absolute atomic E-state index is 0.313. The number of hydrogen-bond acceptors (Lipinski definition) is 3. The number of para-hydroxylation sites is 1. The summed E-state index contributed by atoms with van der Waals surface area (Å²) in [4.78, 5) is 0. The van der Waals surface area contributed by atoms with Crippen molar-refractivity contribution in [2.45, 2.75) is 19.6 Å². The van der Waals surface area contributed by atoms with Crippen LogP contribution in [0.1, 0.15) is 29.7 Å². The molecule has 3 heteroatoms. The highest BCUT2D eigenvalue weighted by molar-refractivity contribution is 5.38. The molecule has 2 aromatic rings. The van der Waals surface area contributed by atoms with Gasteiger partial charge in [-0.15, -0.1) is 0 Å². The van der Waals surface area contributed by atoms with Gasteiger partial charge in [-0.05, 0) is 19.1 Å². The van der Waals surface area contributed by atoms with Crippen LogP contribution in [0.5, 0.6) is 5.75 Å². The van der Waals surface area contributed by atoms with E-state index in [2.05, 4.69) is 6.07 Å². The molecule has 0 saturated heterocycles. The Kier molecular flexibility index (Phi) is 4.17. The summed E-state index contributed by atoms with van der Waals surface area (Å²) in [5.41, 5.74) is 2.19. The van der Waals surface area contributed by atoms with E-state index in [1.807, 2.05) is 42.5 Å². The van der Waals surface area contributed by atoms with Gasteiger partial charge in [-0.2, -0.15) is 5.26 Å². The number of benzene rings is 2. The number of ether oxygens (including phenoxy) is 1. The maximum Gasteiger partial charge on any atom is 0.125 e. The molecule has 0 aliphatic rings. The molecule has 0 aromatic heterocycles. The lowest BCUT2D eigenvalue weighted by Crippen LogP contribution is -2.02. The number of nitriles is 1. The van der Waals surface area contributed by atoms with Gasteiger partial charge in [-0.1, -0.05) is 36.4 Å². The van der Waals surface area contributed by atoms with Gasteiger partial charge < -0.3 is 9.84 Å². The van der Waals surface area contributed by atoms with Crippen LogP contribution < -0.4 is 4.74 Å². The maximum absolute atomic E-state index is 9.67. The molecule has 2 aromatic carbocycles. The second-order valence-corrected chi connectivity index (χ2v) is 4.27. The van der Waals surface area contributed by atoms with Crippen LogP contribution in [0.2, 0.25) is 0 Å². The fourth-order valence-corrected chi connectivity index (χ4v) is 1.87. The molecule has 1 N–H and O–H groups in total. The van der Waals surface area contributed by atoms with Crippen LogP contribution in [0.25, 0.3) is 0 Å². The molecule has 19 heavy (non-hydrogen) atoms. The molecule has 3 nitrogen and oxygen atoms in total. The summed E-state index contributed by atoms with van der Waals surface area (Å²) in [7, 11) is 0. The van der Waals surface area contributed by atoms with Crippen molar-refractivity contribution >= 4 is 0 Å². The zero-order valence-corrected chi connectivity index (χ0v) is 10.7. The van der Waals surface area contributed by atoms with Gasteiger partial charge >= 0.3 is 0 Å². The predicted octanol–water partition coefficient (Wildman–Crippen LogP) is 3.19. The van der Waals surface area contributed by atoms with Crippen LogP contribution in [0.3, 0.4) is 0 Å². The molecule has 96 valence electrons. The zero-order chi connectivity index (χ0) is 13.7. The van der Waals surface area contributed by atoms with Gasteiger partial charge in [0.25, 0.3) is 0 Å². The molecule has 0 amide bonds. The summed E-state index contributed by atoms with van der Waals surface area (Å²) in [5, 5.41) is 18.7. The first-order valence-corrected chi connectivity index (χ1v) is 6.10. The predicted molar refractivity (Wildman–Crippen MR) is 72.6 cm³/mol. The van der Waals surface area contributed by atoms with Crippen molar-refractivity contribution in [3.63, 3.8) is 0 Å². The lowest BCUT2D eigenvalue weighted by Gasteiger charge is -2.13. The number of aliphatic hydroxyl groups is 1. The molecule has 0 fully saturated rings. The van der Waals surface area contributed by atoms with Crippen molar-refractivity contribution in [1.82, 2.24) is 0 Å². The third-order valence-corrected chi connectivity index (χ3v) is 2.89. The Hall–Kier alpha value is -2.31. The van der Waals surface area contributed by atoms with E-state index < -0.39 is 6.10 Å². The SMILES string of the molecule is C[C@H](O)c1ccccc1OCc1ccccc1C#N. The smallest absolute Gasteiger partial charge is 0.125 e. The van der Waals surface area contributed by atoms with Gasteiger partial charge in [0.05, 0.1) is 17.7 Å². The molecule has 0 spiro atoms. The summed E-state index contributed by atoms with van der Waals surface area (Å²) in [5.74, 6) is 0.644. The standard InChI is InChI=1S/C16H15NO2/c1-12(18)15-8-4-5-9-16(15)19-11-14-7-3-2-6-13(14)10-17/h2-9,12,18H,11H2,1H3/t12-/m0/s1. The molecule has 0 radical (unpaired) electrons. The van der Waals surface area contributed by atoms with Crippen molar-refractivity contribution in [2.24, 2.45) is 0 Å². The van der Waals surface area contributed by atoms with Crippen LogP contribution in [0, 0.1) is 11.3 Å². The summed E-state index contributed by atoms with van der Waals surface area (Å²) in [6.07, 6.45) is -0.581. The van der Waals surface area contributed by atoms with E-state index in [-0.39, 0.29) is 0 Å². The highest BCUT2D eigenvalue weighted by Crippen LogP contribution is 2.25. The van der Waals surface area contributed by atoms with Crippen molar-refractivity contribution in [3.05, 3.63) is 65.2 Å². The Morgan fingerprint density at radius 3 is 2.58 bits per heavy atom. The highest BCUT2D eigenvalue weighted by atomic mass is 16.5. The summed E-state index contributed by atoms with van der Waals surface area (Å²) < 4.78 is 5.72. The fraction of sp³-hybridized carbons (Fsp3) is 0.188. The van der Waals surface area contributed by atoms with E-state index >= 15 is 0 Å². The fourth-order valence-electron chi connectivity index (χ4n) is 1.87. The lowest BCUT2D eigenvalue weighted by molar-refractivity contribution is 0.190. The monoisotopic (exact) mass is 253 g/mol. The molecular formula is C16H15NO2. The van der Waals surface area contributed by atoms with E-state index in [0.717, 1.165) is 11.1 Å². The molecule has 1 atom stereocenters. The first-order chi connectivity index (χ1) is 9.22. The molecule has 0 bridgehead atoms. The van der Waals surface area contributed by atoms with E-state index in [1.165, 1.54) is 0 Å². The Balaban J connectivity index is 2.18. The first-order valence-electron chi connectivity index (χ1n) is 6.10. The van der Waals surface area contributed by atoms with Crippen LogP contribution in [0.4, 0.5) is 0 Å². The number of hydrogen-bond donors (Lipinski definition) is 1. The van der Waals surface area contributed by atoms with Gasteiger partial charge in [0.2, 0.25) is 0 Å². The number of rotatable bonds is 4. The lowest BCUT2D eigenvalue weighted by atomic mass is 10.1. The molecule has 2 rings (SSSR count). The second-order valence-electron chi connectivity index (χ2n) is 4.27. The quantitative estimate of drug-likeness (QED) is 0.910. The molecule has 0 saturated carbocycles. The minimum Gasteiger partial charge on any atom is -0.488 e. The Labute approximate surface area is 112 Å². The Bertz CT molecular complexity index is 600. The third-order valence-electron chi connectivity index (χ3n) is 2.89. The number of aliphatic hydroxyl groups excluding tert-OH is 1. The summed E-state index contributed by atoms with van der Waals surface area (Å²) >= 11 is 0. The van der Waals surface area contributed by atoms with Gasteiger partial charge in [0.15, 0.2) is 0 Å². The highest BCUT2D eigenvalue weighted by Gasteiger charge is 2.09. The second kappa shape index (κ2) is 6.03. The molecule has 0 aliphatic heterocycles. The van der Waals surface area contributed by atoms with Gasteiger partial charge in [-0.3, -0.25) is 0 Å². The van der Waals surface area contributed by atoms with E-state index in [9.17, 15) is 5.11 Å². The van der Waals surface area contributed by atoms with Gasteiger partial charge in [0, 0.05) is 11.1 Å². The molecule has 0 aliphatic carbocycles. The van der Waals surface area contributed by atoms with Crippen molar-refractivity contribution in [3.8, 4) is 11.8 Å². The van der Waals surface area contributed by atoms with Gasteiger partial charge in [0.1, 0.15) is 12.4 Å². The largest absolute Gasteiger partial charge is 0.488 e. The minimum atomic E-state index is -0.581. The van der Waals surface area contributed by atoms with Crippen LogP contribution >= 0.6 is 0 Å². The van der Waals surface area contributed by atoms with Crippen LogP contribution in [0.15, 0.2) is 48.5 Å². The molecular weight excluding hydrogens is 238 g/mol. The van der Waals surface area contributed by atoms with Crippen molar-refractivity contribution in [2.75, 3.05) is 0 Å². The van der Waals surface area contributed by atoms with E-state index in [1.54, 1.807) is 13.0 Å². The summed E-state index contributed by atoms with van der Waals surface area (Å²) in [6.45, 7) is 2.01. The van der Waals surface area contributed by atoms with Crippen LogP contribution in [-0.4, -0.2) is 5.11 Å². The van der Waals surface area contributed by atoms with Crippen molar-refractivity contribution < 1.29 is 9.84 Å².